The van der Waals surface area contributed by atoms with Gasteiger partial charge in [-0.1, -0.05) is 0 Å². The fraction of sp³-hybridized carbons (Fsp3) is 0.333. The van der Waals surface area contributed by atoms with Crippen LogP contribution in [-0.2, 0) is 4.79 Å². The Kier molecular flexibility index (Phi) is 3.94. The Hall–Kier alpha value is -2.18. The second-order valence-corrected chi connectivity index (χ2v) is 4.18. The fourth-order valence-electron chi connectivity index (χ4n) is 1.57. The molecule has 0 spiro atoms. The van der Waals surface area contributed by atoms with Crippen LogP contribution in [0, 0.1) is 11.6 Å². The molecule has 1 aromatic carbocycles. The van der Waals surface area contributed by atoms with Gasteiger partial charge < -0.3 is 15.5 Å². The number of amides is 3. The van der Waals surface area contributed by atoms with E-state index in [1.165, 1.54) is 6.07 Å². The number of nitrogens with zero attached hydrogens (tertiary/aromatic N) is 1. The third-order valence-corrected chi connectivity index (χ3v) is 2.75. The molecule has 1 heterocycles. The number of likely N-dealkylation sites (tertiary alicyclic amines) is 1. The highest BCUT2D eigenvalue weighted by Crippen LogP contribution is 2.12. The zero-order chi connectivity index (χ0) is 13.8. The van der Waals surface area contributed by atoms with Crippen LogP contribution in [-0.4, -0.2) is 36.5 Å². The predicted octanol–water partition coefficient (Wildman–Crippen LogP) is 1.32. The third-order valence-electron chi connectivity index (χ3n) is 2.75. The van der Waals surface area contributed by atoms with Crippen molar-refractivity contribution in [2.24, 2.45) is 0 Å². The first kappa shape index (κ1) is 13.3. The summed E-state index contributed by atoms with van der Waals surface area (Å²) in [7, 11) is 0. The van der Waals surface area contributed by atoms with Crippen molar-refractivity contribution in [3.63, 3.8) is 0 Å². The molecule has 0 atom stereocenters. The van der Waals surface area contributed by atoms with Crippen LogP contribution in [0.5, 0.6) is 0 Å². The molecule has 1 saturated heterocycles. The number of urea groups is 1. The maximum Gasteiger partial charge on any atom is 0.317 e. The van der Waals surface area contributed by atoms with E-state index in [0.717, 1.165) is 18.6 Å². The Morgan fingerprint density at radius 2 is 1.95 bits per heavy atom. The Labute approximate surface area is 108 Å². The van der Waals surface area contributed by atoms with Gasteiger partial charge in [-0.3, -0.25) is 4.79 Å². The molecule has 1 aromatic rings. The lowest BCUT2D eigenvalue weighted by atomic mass is 10.2. The molecule has 1 aliphatic heterocycles. The van der Waals surface area contributed by atoms with Crippen LogP contribution in [0.2, 0.25) is 0 Å². The topological polar surface area (TPSA) is 61.4 Å². The van der Waals surface area contributed by atoms with Crippen LogP contribution in [0.4, 0.5) is 19.3 Å². The van der Waals surface area contributed by atoms with E-state index in [4.69, 9.17) is 0 Å². The van der Waals surface area contributed by atoms with Crippen LogP contribution >= 0.6 is 0 Å². The zero-order valence-electron chi connectivity index (χ0n) is 10.1. The summed E-state index contributed by atoms with van der Waals surface area (Å²) in [6, 6.07) is 2.74. The van der Waals surface area contributed by atoms with E-state index in [1.54, 1.807) is 4.90 Å². The average Bonchev–Trinajstić information content (AvgIpc) is 2.29. The summed E-state index contributed by atoms with van der Waals surface area (Å²) in [4.78, 5) is 24.5. The highest BCUT2D eigenvalue weighted by atomic mass is 19.2. The molecule has 2 rings (SSSR count). The SMILES string of the molecule is O=C(CNC(=O)N1CCC1)Nc1ccc(F)c(F)c1. The molecular weight excluding hydrogens is 256 g/mol. The summed E-state index contributed by atoms with van der Waals surface area (Å²) in [5, 5.41) is 4.80. The average molecular weight is 269 g/mol. The number of nitrogens with one attached hydrogen (secondary N) is 2. The number of carbonyl (C=O) groups is 2. The van der Waals surface area contributed by atoms with Gasteiger partial charge in [0.15, 0.2) is 11.6 Å². The van der Waals surface area contributed by atoms with Crippen molar-refractivity contribution in [2.45, 2.75) is 6.42 Å². The summed E-state index contributed by atoms with van der Waals surface area (Å²) in [5.41, 5.74) is 0.141. The molecule has 5 nitrogen and oxygen atoms in total. The molecule has 7 heteroatoms. The maximum absolute atomic E-state index is 12.9. The molecule has 19 heavy (non-hydrogen) atoms. The van der Waals surface area contributed by atoms with Crippen molar-refractivity contribution in [1.82, 2.24) is 10.2 Å². The highest BCUT2D eigenvalue weighted by molar-refractivity contribution is 5.94. The molecule has 0 unspecified atom stereocenters. The standard InChI is InChI=1S/C12H13F2N3O2/c13-9-3-2-8(6-10(9)14)16-11(18)7-15-12(19)17-4-1-5-17/h2-3,6H,1,4-5,7H2,(H,15,19)(H,16,18). The number of benzene rings is 1. The molecule has 0 saturated carbocycles. The van der Waals surface area contributed by atoms with Gasteiger partial charge in [0.2, 0.25) is 5.91 Å². The summed E-state index contributed by atoms with van der Waals surface area (Å²) in [5.74, 6) is -2.52. The van der Waals surface area contributed by atoms with Crippen LogP contribution in [0.3, 0.4) is 0 Å². The summed E-state index contributed by atoms with van der Waals surface area (Å²) < 4.78 is 25.6. The van der Waals surface area contributed by atoms with E-state index >= 15 is 0 Å². The quantitative estimate of drug-likeness (QED) is 0.869. The monoisotopic (exact) mass is 269 g/mol. The van der Waals surface area contributed by atoms with Gasteiger partial charge in [-0.15, -0.1) is 0 Å². The minimum Gasteiger partial charge on any atom is -0.329 e. The Morgan fingerprint density at radius 1 is 1.21 bits per heavy atom. The van der Waals surface area contributed by atoms with Crippen molar-refractivity contribution in [1.29, 1.82) is 0 Å². The first-order valence-corrected chi connectivity index (χ1v) is 5.84. The number of rotatable bonds is 3. The van der Waals surface area contributed by atoms with Gasteiger partial charge in [0.1, 0.15) is 0 Å². The van der Waals surface area contributed by atoms with Crippen molar-refractivity contribution in [3.8, 4) is 0 Å². The first-order chi connectivity index (χ1) is 9.06. The Morgan fingerprint density at radius 3 is 2.53 bits per heavy atom. The minimum atomic E-state index is -1.04. The molecule has 0 aliphatic carbocycles. The van der Waals surface area contributed by atoms with Gasteiger partial charge in [-0.25, -0.2) is 13.6 Å². The molecule has 1 fully saturated rings. The van der Waals surface area contributed by atoms with Crippen molar-refractivity contribution < 1.29 is 18.4 Å². The fourth-order valence-corrected chi connectivity index (χ4v) is 1.57. The van der Waals surface area contributed by atoms with E-state index in [0.29, 0.717) is 13.1 Å². The van der Waals surface area contributed by atoms with Gasteiger partial charge in [0.05, 0.1) is 6.54 Å². The van der Waals surface area contributed by atoms with Gasteiger partial charge in [0.25, 0.3) is 0 Å². The smallest absolute Gasteiger partial charge is 0.317 e. The zero-order valence-corrected chi connectivity index (χ0v) is 10.1. The van der Waals surface area contributed by atoms with Gasteiger partial charge >= 0.3 is 6.03 Å². The summed E-state index contributed by atoms with van der Waals surface area (Å²) in [6.45, 7) is 1.17. The lowest BCUT2D eigenvalue weighted by molar-refractivity contribution is -0.115. The molecular formula is C12H13F2N3O2. The molecule has 3 amide bonds. The summed E-state index contributed by atoms with van der Waals surface area (Å²) in [6.07, 6.45) is 0.967. The Balaban J connectivity index is 1.80. The van der Waals surface area contributed by atoms with Crippen molar-refractivity contribution >= 4 is 17.6 Å². The minimum absolute atomic E-state index is 0.141. The molecule has 0 radical (unpaired) electrons. The molecule has 0 aromatic heterocycles. The van der Waals surface area contributed by atoms with Crippen molar-refractivity contribution in [2.75, 3.05) is 25.0 Å². The van der Waals surface area contributed by atoms with Gasteiger partial charge in [-0.2, -0.15) is 0 Å². The van der Waals surface area contributed by atoms with Gasteiger partial charge in [0, 0.05) is 24.8 Å². The molecule has 102 valence electrons. The van der Waals surface area contributed by atoms with Gasteiger partial charge in [-0.05, 0) is 18.6 Å². The number of carbonyl (C=O) groups excluding carboxylic acids is 2. The number of hydrogen-bond acceptors (Lipinski definition) is 2. The molecule has 2 N–H and O–H groups in total. The number of hydrogen-bond donors (Lipinski definition) is 2. The third kappa shape index (κ3) is 3.40. The molecule has 0 bridgehead atoms. The van der Waals surface area contributed by atoms with E-state index in [-0.39, 0.29) is 18.3 Å². The van der Waals surface area contributed by atoms with E-state index in [9.17, 15) is 18.4 Å². The number of halogens is 2. The first-order valence-electron chi connectivity index (χ1n) is 5.84. The second-order valence-electron chi connectivity index (χ2n) is 4.18. The summed E-state index contributed by atoms with van der Waals surface area (Å²) >= 11 is 0. The normalized spacial score (nSPS) is 13.7. The van der Waals surface area contributed by atoms with E-state index < -0.39 is 17.5 Å². The lowest BCUT2D eigenvalue weighted by Crippen LogP contribution is -2.49. The van der Waals surface area contributed by atoms with Crippen molar-refractivity contribution in [3.05, 3.63) is 29.8 Å². The largest absolute Gasteiger partial charge is 0.329 e. The molecule has 1 aliphatic rings. The van der Waals surface area contributed by atoms with Crippen LogP contribution in [0.15, 0.2) is 18.2 Å². The van der Waals surface area contributed by atoms with E-state index in [1.807, 2.05) is 0 Å². The lowest BCUT2D eigenvalue weighted by Gasteiger charge is -2.30. The number of anilines is 1. The maximum atomic E-state index is 12.9. The van der Waals surface area contributed by atoms with Crippen LogP contribution in [0.1, 0.15) is 6.42 Å². The highest BCUT2D eigenvalue weighted by Gasteiger charge is 2.20. The predicted molar refractivity (Wildman–Crippen MR) is 64.6 cm³/mol. The van der Waals surface area contributed by atoms with Crippen LogP contribution < -0.4 is 10.6 Å². The van der Waals surface area contributed by atoms with E-state index in [2.05, 4.69) is 10.6 Å². The van der Waals surface area contributed by atoms with Crippen LogP contribution in [0.25, 0.3) is 0 Å². The second kappa shape index (κ2) is 5.64. The Bertz CT molecular complexity index is 504.